The van der Waals surface area contributed by atoms with Crippen LogP contribution < -0.4 is 4.72 Å². The maximum absolute atomic E-state index is 13.2. The molecule has 0 spiro atoms. The third-order valence-electron chi connectivity index (χ3n) is 5.64. The van der Waals surface area contributed by atoms with Crippen molar-refractivity contribution >= 4 is 41.0 Å². The van der Waals surface area contributed by atoms with Gasteiger partial charge in [0.25, 0.3) is 0 Å². The van der Waals surface area contributed by atoms with Crippen molar-refractivity contribution in [3.63, 3.8) is 0 Å². The Morgan fingerprint density at radius 1 is 1.00 bits per heavy atom. The van der Waals surface area contributed by atoms with Gasteiger partial charge in [-0.05, 0) is 51.7 Å². The highest BCUT2D eigenvalue weighted by atomic mass is 32.2. The van der Waals surface area contributed by atoms with E-state index in [-0.39, 0.29) is 5.92 Å². The van der Waals surface area contributed by atoms with Gasteiger partial charge >= 0.3 is 17.9 Å². The second kappa shape index (κ2) is 13.3. The van der Waals surface area contributed by atoms with E-state index in [0.29, 0.717) is 0 Å². The van der Waals surface area contributed by atoms with Gasteiger partial charge in [0.15, 0.2) is 18.3 Å². The molecule has 9 nitrogen and oxygen atoms in total. The largest absolute Gasteiger partial charge is 0.598 e. The Hall–Kier alpha value is -1.27. The van der Waals surface area contributed by atoms with E-state index in [1.54, 1.807) is 0 Å². The van der Waals surface area contributed by atoms with Gasteiger partial charge in [-0.25, -0.2) is 0 Å². The summed E-state index contributed by atoms with van der Waals surface area (Å²) in [4.78, 5) is 36.2. The molecule has 0 aromatic heterocycles. The first-order valence-electron chi connectivity index (χ1n) is 11.9. The fourth-order valence-corrected chi connectivity index (χ4v) is 6.16. The summed E-state index contributed by atoms with van der Waals surface area (Å²) in [6.45, 7) is 11.3. The molecule has 8 atom stereocenters. The minimum atomic E-state index is -1.47. The molecule has 35 heavy (non-hydrogen) atoms. The van der Waals surface area contributed by atoms with Crippen LogP contribution in [0.25, 0.3) is 0 Å². The number of esters is 3. The number of carbonyl (C=O) groups excluding carboxylic acids is 3. The molecule has 1 saturated heterocycles. The zero-order valence-electron chi connectivity index (χ0n) is 21.6. The molecule has 0 amide bonds. The van der Waals surface area contributed by atoms with E-state index in [9.17, 15) is 18.9 Å². The van der Waals surface area contributed by atoms with Crippen molar-refractivity contribution in [2.24, 2.45) is 5.92 Å². The summed E-state index contributed by atoms with van der Waals surface area (Å²) in [6.07, 6.45) is 2.91. The molecule has 2 heterocycles. The summed E-state index contributed by atoms with van der Waals surface area (Å²) in [6, 6.07) is -0.561. The van der Waals surface area contributed by atoms with E-state index in [2.05, 4.69) is 10.8 Å². The maximum Gasteiger partial charge on any atom is 0.303 e. The van der Waals surface area contributed by atoms with E-state index in [1.165, 1.54) is 32.5 Å². The number of hydrogen-bond donors (Lipinski definition) is 1. The van der Waals surface area contributed by atoms with Gasteiger partial charge in [0.1, 0.15) is 16.3 Å². The number of carbonyl (C=O) groups is 3. The van der Waals surface area contributed by atoms with E-state index >= 15 is 0 Å². The average Bonchev–Trinajstić information content (AvgIpc) is 2.72. The molecule has 0 radical (unpaired) electrons. The van der Waals surface area contributed by atoms with Crippen LogP contribution >= 0.6 is 11.8 Å². The molecule has 2 aliphatic rings. The van der Waals surface area contributed by atoms with Crippen LogP contribution in [0.4, 0.5) is 0 Å². The number of rotatable bonds is 5. The lowest BCUT2D eigenvalue weighted by atomic mass is 9.88. The normalized spacial score (nSPS) is 33.9. The maximum atomic E-state index is 13.2. The second-order valence-corrected chi connectivity index (χ2v) is 13.1. The van der Waals surface area contributed by atoms with Gasteiger partial charge in [-0.2, -0.15) is 0 Å². The molecule has 200 valence electrons. The summed E-state index contributed by atoms with van der Waals surface area (Å²) in [7, 11) is 0. The van der Waals surface area contributed by atoms with Gasteiger partial charge in [0.2, 0.25) is 0 Å². The van der Waals surface area contributed by atoms with Gasteiger partial charge in [0.05, 0.1) is 6.04 Å². The SMILES string of the molecule is CC(=O)OC1C2OC(C(OC(C)=O)C1OC(C)=O)[C@H](N[S@+]([O-])C(C)(C)C)C(C)/C=C/CCCCS2. The van der Waals surface area contributed by atoms with Crippen molar-refractivity contribution in [3.05, 3.63) is 12.2 Å². The smallest absolute Gasteiger partial charge is 0.303 e. The zero-order valence-corrected chi connectivity index (χ0v) is 23.2. The van der Waals surface area contributed by atoms with Gasteiger partial charge in [0, 0.05) is 32.1 Å². The molecule has 1 N–H and O–H groups in total. The molecule has 0 saturated carbocycles. The quantitative estimate of drug-likeness (QED) is 0.244. The molecule has 0 aromatic carbocycles. The Bertz CT molecular complexity index is 771. The highest BCUT2D eigenvalue weighted by Crippen LogP contribution is 2.37. The second-order valence-electron chi connectivity index (χ2n) is 9.87. The summed E-state index contributed by atoms with van der Waals surface area (Å²) in [5.74, 6) is -1.21. The lowest BCUT2D eigenvalue weighted by Gasteiger charge is -2.47. The first-order valence-corrected chi connectivity index (χ1v) is 14.1. The van der Waals surface area contributed by atoms with Crippen LogP contribution in [0.15, 0.2) is 12.2 Å². The Labute approximate surface area is 215 Å². The molecule has 0 aliphatic carbocycles. The Morgan fingerprint density at radius 2 is 1.57 bits per heavy atom. The summed E-state index contributed by atoms with van der Waals surface area (Å²) in [5.41, 5.74) is -0.678. The zero-order chi connectivity index (χ0) is 26.3. The molecule has 11 heteroatoms. The lowest BCUT2D eigenvalue weighted by molar-refractivity contribution is -0.236. The highest BCUT2D eigenvalue weighted by Gasteiger charge is 2.55. The Balaban J connectivity index is 2.61. The third-order valence-corrected chi connectivity index (χ3v) is 8.47. The molecule has 2 aliphatic heterocycles. The van der Waals surface area contributed by atoms with E-state index in [1.807, 2.05) is 33.8 Å². The molecule has 2 bridgehead atoms. The van der Waals surface area contributed by atoms with Crippen LogP contribution in [0.5, 0.6) is 0 Å². The Kier molecular flexibility index (Phi) is 11.4. The van der Waals surface area contributed by atoms with Gasteiger partial charge in [-0.15, -0.1) is 16.5 Å². The van der Waals surface area contributed by atoms with Crippen molar-refractivity contribution in [2.45, 2.75) is 108 Å². The van der Waals surface area contributed by atoms with Gasteiger partial charge in [-0.3, -0.25) is 14.4 Å². The molecule has 0 aromatic rings. The first kappa shape index (κ1) is 30.0. The van der Waals surface area contributed by atoms with Crippen LogP contribution in [0, 0.1) is 5.92 Å². The standard InChI is InChI=1S/C24H39NO8S2/c1-14-12-10-8-9-11-13-34-23-22(32-17(4)28)21(31-16(3)27)20(30-15(2)26)19(33-23)18(14)25-35(29)24(5,6)7/h10,12,14,18-23,25H,8-9,11,13H2,1-7H3/b12-10+/t14?,18-,19?,20?,21?,22?,23?,35-/m1/s1. The number of thioether (sulfide) groups is 1. The number of hydrogen-bond acceptors (Lipinski definition) is 10. The van der Waals surface area contributed by atoms with Crippen LogP contribution in [-0.4, -0.2) is 68.9 Å². The summed E-state index contributed by atoms with van der Waals surface area (Å²) >= 11 is -0.00634. The minimum Gasteiger partial charge on any atom is -0.598 e. The summed E-state index contributed by atoms with van der Waals surface area (Å²) < 4.78 is 39.1. The molecule has 2 rings (SSSR count). The topological polar surface area (TPSA) is 123 Å². The van der Waals surface area contributed by atoms with Crippen molar-refractivity contribution < 1.29 is 37.9 Å². The van der Waals surface area contributed by atoms with Crippen LogP contribution in [0.3, 0.4) is 0 Å². The van der Waals surface area contributed by atoms with E-state index < -0.39 is 69.9 Å². The Morgan fingerprint density at radius 3 is 2.14 bits per heavy atom. The molecular weight excluding hydrogens is 494 g/mol. The van der Waals surface area contributed by atoms with Crippen molar-refractivity contribution in [1.82, 2.24) is 4.72 Å². The van der Waals surface area contributed by atoms with Crippen molar-refractivity contribution in [2.75, 3.05) is 5.75 Å². The number of nitrogens with one attached hydrogen (secondary N) is 1. The number of ether oxygens (including phenoxy) is 4. The van der Waals surface area contributed by atoms with Gasteiger partial charge < -0.3 is 23.5 Å². The van der Waals surface area contributed by atoms with Gasteiger partial charge in [-0.1, -0.05) is 19.1 Å². The fourth-order valence-electron chi connectivity index (χ4n) is 4.00. The van der Waals surface area contributed by atoms with Crippen LogP contribution in [0.2, 0.25) is 0 Å². The van der Waals surface area contributed by atoms with Crippen molar-refractivity contribution in [1.29, 1.82) is 0 Å². The van der Waals surface area contributed by atoms with E-state index in [0.717, 1.165) is 25.0 Å². The van der Waals surface area contributed by atoms with E-state index in [4.69, 9.17) is 18.9 Å². The predicted octanol–water partition coefficient (Wildman–Crippen LogP) is 3.04. The lowest BCUT2D eigenvalue weighted by Crippen LogP contribution is -2.66. The summed E-state index contributed by atoms with van der Waals surface area (Å²) in [5, 5.41) is 0. The first-order chi connectivity index (χ1) is 16.3. The average molecular weight is 534 g/mol. The highest BCUT2D eigenvalue weighted by molar-refractivity contribution is 7.99. The number of allylic oxidation sites excluding steroid dienone is 1. The fraction of sp³-hybridized carbons (Fsp3) is 0.792. The number of fused-ring (bicyclic) bond motifs is 2. The molecule has 1 fully saturated rings. The van der Waals surface area contributed by atoms with Crippen LogP contribution in [0.1, 0.15) is 67.7 Å². The minimum absolute atomic E-state index is 0.169. The monoisotopic (exact) mass is 533 g/mol. The third kappa shape index (κ3) is 8.96. The molecular formula is C24H39NO8S2. The van der Waals surface area contributed by atoms with Crippen LogP contribution in [-0.2, 0) is 44.7 Å². The van der Waals surface area contributed by atoms with Crippen molar-refractivity contribution in [3.8, 4) is 0 Å². The molecule has 6 unspecified atom stereocenters. The predicted molar refractivity (Wildman–Crippen MR) is 135 cm³/mol.